The summed E-state index contributed by atoms with van der Waals surface area (Å²) in [6.07, 6.45) is 0.712. The predicted molar refractivity (Wildman–Crippen MR) is 68.5 cm³/mol. The number of Topliss-reactive ketones (excluding diaryl/α,β-unsaturated/α-hetero) is 1. The van der Waals surface area contributed by atoms with E-state index in [1.165, 1.54) is 0 Å². The molecule has 0 aliphatic carbocycles. The van der Waals surface area contributed by atoms with Crippen LogP contribution in [0.2, 0.25) is 0 Å². The molecular formula is C13H15F2NO3S. The first kappa shape index (κ1) is 15.1. The number of piperidine rings is 1. The molecule has 0 saturated carbocycles. The third-order valence-electron chi connectivity index (χ3n) is 3.51. The average Bonchev–Trinajstić information content (AvgIpc) is 2.42. The van der Waals surface area contributed by atoms with Crippen molar-refractivity contribution >= 4 is 15.8 Å². The summed E-state index contributed by atoms with van der Waals surface area (Å²) in [5, 5.41) is 0. The van der Waals surface area contributed by atoms with Gasteiger partial charge >= 0.3 is 0 Å². The summed E-state index contributed by atoms with van der Waals surface area (Å²) in [6.45, 7) is 1.99. The van der Waals surface area contributed by atoms with Crippen LogP contribution < -0.4 is 0 Å². The van der Waals surface area contributed by atoms with Gasteiger partial charge in [-0.3, -0.25) is 4.79 Å². The van der Waals surface area contributed by atoms with Crippen LogP contribution in [-0.2, 0) is 14.8 Å². The molecule has 1 atom stereocenters. The van der Waals surface area contributed by atoms with Gasteiger partial charge < -0.3 is 0 Å². The van der Waals surface area contributed by atoms with E-state index in [4.69, 9.17) is 0 Å². The first-order valence-corrected chi connectivity index (χ1v) is 7.78. The minimum absolute atomic E-state index is 0.0456. The Bertz CT molecular complexity index is 631. The van der Waals surface area contributed by atoms with Crippen molar-refractivity contribution in [3.63, 3.8) is 0 Å². The topological polar surface area (TPSA) is 54.5 Å². The number of hydrogen-bond acceptors (Lipinski definition) is 3. The summed E-state index contributed by atoms with van der Waals surface area (Å²) in [7, 11) is -3.89. The molecule has 20 heavy (non-hydrogen) atoms. The van der Waals surface area contributed by atoms with E-state index in [9.17, 15) is 22.0 Å². The number of carbonyl (C=O) groups is 1. The van der Waals surface area contributed by atoms with Gasteiger partial charge in [-0.2, -0.15) is 4.31 Å². The van der Waals surface area contributed by atoms with Gasteiger partial charge in [-0.15, -0.1) is 0 Å². The SMILES string of the molecule is CCC1CN(S(=O)(=O)c2ccc(F)c(F)c2)CCC1=O. The number of ketones is 1. The zero-order valence-electron chi connectivity index (χ0n) is 11.0. The van der Waals surface area contributed by atoms with Gasteiger partial charge in [0.2, 0.25) is 10.0 Å². The van der Waals surface area contributed by atoms with Crippen LogP contribution in [0, 0.1) is 17.6 Å². The van der Waals surface area contributed by atoms with Crippen molar-refractivity contribution < 1.29 is 22.0 Å². The van der Waals surface area contributed by atoms with Crippen molar-refractivity contribution in [3.05, 3.63) is 29.8 Å². The lowest BCUT2D eigenvalue weighted by molar-refractivity contribution is -0.125. The van der Waals surface area contributed by atoms with Crippen LogP contribution in [0.25, 0.3) is 0 Å². The van der Waals surface area contributed by atoms with E-state index >= 15 is 0 Å². The zero-order chi connectivity index (χ0) is 14.9. The van der Waals surface area contributed by atoms with E-state index in [0.29, 0.717) is 12.5 Å². The van der Waals surface area contributed by atoms with Gasteiger partial charge in [0.25, 0.3) is 0 Å². The fourth-order valence-electron chi connectivity index (χ4n) is 2.24. The number of sulfonamides is 1. The molecule has 1 aliphatic rings. The Morgan fingerprint density at radius 2 is 2.00 bits per heavy atom. The van der Waals surface area contributed by atoms with E-state index in [2.05, 4.69) is 0 Å². The molecule has 110 valence electrons. The van der Waals surface area contributed by atoms with Gasteiger partial charge in [0.1, 0.15) is 5.78 Å². The number of rotatable bonds is 3. The molecule has 2 rings (SSSR count). The molecule has 1 aromatic carbocycles. The van der Waals surface area contributed by atoms with E-state index in [0.717, 1.165) is 16.4 Å². The van der Waals surface area contributed by atoms with E-state index in [-0.39, 0.29) is 36.1 Å². The lowest BCUT2D eigenvalue weighted by atomic mass is 9.96. The minimum Gasteiger partial charge on any atom is -0.299 e. The van der Waals surface area contributed by atoms with Gasteiger partial charge in [-0.1, -0.05) is 6.92 Å². The number of nitrogens with zero attached hydrogens (tertiary/aromatic N) is 1. The summed E-state index contributed by atoms with van der Waals surface area (Å²) < 4.78 is 51.9. The summed E-state index contributed by atoms with van der Waals surface area (Å²) in [4.78, 5) is 11.3. The summed E-state index contributed by atoms with van der Waals surface area (Å²) in [5.74, 6) is -2.58. The van der Waals surface area contributed by atoms with Crippen LogP contribution in [0.1, 0.15) is 19.8 Å². The molecule has 1 unspecified atom stereocenters. The third-order valence-corrected chi connectivity index (χ3v) is 5.37. The Morgan fingerprint density at radius 1 is 1.30 bits per heavy atom. The average molecular weight is 303 g/mol. The number of benzene rings is 1. The molecule has 4 nitrogen and oxygen atoms in total. The normalized spacial score (nSPS) is 21.1. The molecule has 0 radical (unpaired) electrons. The van der Waals surface area contributed by atoms with E-state index in [1.54, 1.807) is 0 Å². The van der Waals surface area contributed by atoms with Crippen molar-refractivity contribution in [2.75, 3.05) is 13.1 Å². The Kier molecular flexibility index (Phi) is 4.19. The molecule has 0 bridgehead atoms. The highest BCUT2D eigenvalue weighted by atomic mass is 32.2. The van der Waals surface area contributed by atoms with Gasteiger partial charge in [0, 0.05) is 25.4 Å². The first-order valence-electron chi connectivity index (χ1n) is 6.34. The highest BCUT2D eigenvalue weighted by molar-refractivity contribution is 7.89. The number of hydrogen-bond donors (Lipinski definition) is 0. The molecule has 0 aromatic heterocycles. The lowest BCUT2D eigenvalue weighted by Crippen LogP contribution is -2.43. The minimum atomic E-state index is -3.89. The maximum atomic E-state index is 13.2. The zero-order valence-corrected chi connectivity index (χ0v) is 11.8. The van der Waals surface area contributed by atoms with E-state index in [1.807, 2.05) is 6.92 Å². The van der Waals surface area contributed by atoms with Crippen molar-refractivity contribution in [3.8, 4) is 0 Å². The fourth-order valence-corrected chi connectivity index (χ4v) is 3.74. The largest absolute Gasteiger partial charge is 0.299 e. The van der Waals surface area contributed by atoms with Crippen LogP contribution in [0.5, 0.6) is 0 Å². The predicted octanol–water partition coefficient (Wildman–Crippen LogP) is 1.95. The molecule has 7 heteroatoms. The lowest BCUT2D eigenvalue weighted by Gasteiger charge is -2.30. The van der Waals surface area contributed by atoms with Gasteiger partial charge in [-0.05, 0) is 24.6 Å². The molecule has 1 saturated heterocycles. The maximum absolute atomic E-state index is 13.2. The van der Waals surface area contributed by atoms with Crippen molar-refractivity contribution in [2.24, 2.45) is 5.92 Å². The standard InChI is InChI=1S/C13H15F2NO3S/c1-2-9-8-16(6-5-13(9)17)20(18,19)10-3-4-11(14)12(15)7-10/h3-4,7,9H,2,5-6,8H2,1H3. The Morgan fingerprint density at radius 3 is 2.60 bits per heavy atom. The molecule has 1 fully saturated rings. The van der Waals surface area contributed by atoms with Crippen LogP contribution in [0.4, 0.5) is 8.78 Å². The smallest absolute Gasteiger partial charge is 0.243 e. The second-order valence-electron chi connectivity index (χ2n) is 4.76. The highest BCUT2D eigenvalue weighted by Gasteiger charge is 2.33. The first-order chi connectivity index (χ1) is 9.36. The van der Waals surface area contributed by atoms with Gasteiger partial charge in [-0.25, -0.2) is 17.2 Å². The Hall–Kier alpha value is -1.34. The number of halogens is 2. The summed E-state index contributed by atoms with van der Waals surface area (Å²) >= 11 is 0. The van der Waals surface area contributed by atoms with Crippen LogP contribution in [0.3, 0.4) is 0 Å². The van der Waals surface area contributed by atoms with Crippen molar-refractivity contribution in [1.82, 2.24) is 4.31 Å². The molecule has 0 amide bonds. The van der Waals surface area contributed by atoms with Crippen molar-refractivity contribution in [2.45, 2.75) is 24.7 Å². The van der Waals surface area contributed by atoms with Crippen molar-refractivity contribution in [1.29, 1.82) is 0 Å². The van der Waals surface area contributed by atoms with Crippen LogP contribution >= 0.6 is 0 Å². The van der Waals surface area contributed by atoms with Crippen LogP contribution in [0.15, 0.2) is 23.1 Å². The Labute approximate surface area is 116 Å². The van der Waals surface area contributed by atoms with Gasteiger partial charge in [0.05, 0.1) is 4.90 Å². The molecule has 0 N–H and O–H groups in total. The third kappa shape index (κ3) is 2.73. The highest BCUT2D eigenvalue weighted by Crippen LogP contribution is 2.24. The summed E-state index contributed by atoms with van der Waals surface area (Å²) in [6, 6.07) is 2.49. The molecule has 0 spiro atoms. The fraction of sp³-hybridized carbons (Fsp3) is 0.462. The molecular weight excluding hydrogens is 288 g/mol. The summed E-state index contributed by atoms with van der Waals surface area (Å²) in [5.41, 5.74) is 0. The quantitative estimate of drug-likeness (QED) is 0.857. The molecule has 1 aromatic rings. The monoisotopic (exact) mass is 303 g/mol. The van der Waals surface area contributed by atoms with Gasteiger partial charge in [0.15, 0.2) is 11.6 Å². The van der Waals surface area contributed by atoms with Crippen LogP contribution in [-0.4, -0.2) is 31.6 Å². The maximum Gasteiger partial charge on any atom is 0.243 e. The number of carbonyl (C=O) groups excluding carboxylic acids is 1. The Balaban J connectivity index is 2.30. The van der Waals surface area contributed by atoms with E-state index < -0.39 is 21.7 Å². The second-order valence-corrected chi connectivity index (χ2v) is 6.70. The molecule has 1 aliphatic heterocycles. The molecule has 1 heterocycles. The second kappa shape index (κ2) is 5.57.